The van der Waals surface area contributed by atoms with Crippen molar-refractivity contribution in [1.82, 2.24) is 4.98 Å². The summed E-state index contributed by atoms with van der Waals surface area (Å²) in [4.78, 5) is 28.7. The lowest BCUT2D eigenvalue weighted by atomic mass is 10.1. The summed E-state index contributed by atoms with van der Waals surface area (Å²) in [6.45, 7) is 3.90. The number of fused-ring (bicyclic) bond motifs is 1. The number of thiazole rings is 1. The average Bonchev–Trinajstić information content (AvgIpc) is 2.91. The van der Waals surface area contributed by atoms with Gasteiger partial charge in [0.05, 0.1) is 18.5 Å². The van der Waals surface area contributed by atoms with E-state index in [0.717, 1.165) is 27.4 Å². The SMILES string of the molecule is Cc1nc(NC(=O)Cc2ccc3c(c2)CC(=O)N3)sc1C. The molecular weight excluding hydrogens is 286 g/mol. The smallest absolute Gasteiger partial charge is 0.230 e. The molecule has 0 aliphatic carbocycles. The number of nitrogens with one attached hydrogen (secondary N) is 2. The van der Waals surface area contributed by atoms with Gasteiger partial charge in [0, 0.05) is 10.6 Å². The van der Waals surface area contributed by atoms with Crippen LogP contribution in [0.15, 0.2) is 18.2 Å². The fourth-order valence-corrected chi connectivity index (χ4v) is 3.10. The van der Waals surface area contributed by atoms with E-state index in [9.17, 15) is 9.59 Å². The minimum absolute atomic E-state index is 0.000313. The molecule has 0 spiro atoms. The Morgan fingerprint density at radius 2 is 2.24 bits per heavy atom. The predicted octanol–water partition coefficient (Wildman–Crippen LogP) is 2.44. The Balaban J connectivity index is 1.68. The van der Waals surface area contributed by atoms with Crippen LogP contribution in [0.4, 0.5) is 10.8 Å². The Labute approximate surface area is 126 Å². The molecule has 2 aromatic rings. The molecule has 0 saturated heterocycles. The Morgan fingerprint density at radius 1 is 1.43 bits per heavy atom. The van der Waals surface area contributed by atoms with E-state index in [1.54, 1.807) is 0 Å². The fourth-order valence-electron chi connectivity index (χ4n) is 2.27. The van der Waals surface area contributed by atoms with Crippen molar-refractivity contribution in [2.24, 2.45) is 0 Å². The van der Waals surface area contributed by atoms with Crippen LogP contribution in [-0.4, -0.2) is 16.8 Å². The third-order valence-electron chi connectivity index (χ3n) is 3.43. The molecule has 108 valence electrons. The van der Waals surface area contributed by atoms with Crippen LogP contribution in [0.1, 0.15) is 21.7 Å². The molecule has 0 saturated carbocycles. The minimum Gasteiger partial charge on any atom is -0.326 e. The lowest BCUT2D eigenvalue weighted by Crippen LogP contribution is -2.14. The van der Waals surface area contributed by atoms with Gasteiger partial charge in [-0.25, -0.2) is 4.98 Å². The summed E-state index contributed by atoms with van der Waals surface area (Å²) in [6.07, 6.45) is 0.662. The van der Waals surface area contributed by atoms with E-state index in [1.165, 1.54) is 11.3 Å². The molecule has 2 amide bonds. The summed E-state index contributed by atoms with van der Waals surface area (Å²) >= 11 is 1.48. The van der Waals surface area contributed by atoms with Crippen LogP contribution in [0.2, 0.25) is 0 Å². The Morgan fingerprint density at radius 3 is 2.95 bits per heavy atom. The van der Waals surface area contributed by atoms with Crippen LogP contribution in [0, 0.1) is 13.8 Å². The molecule has 1 aliphatic rings. The molecule has 2 heterocycles. The van der Waals surface area contributed by atoms with E-state index in [-0.39, 0.29) is 18.2 Å². The highest BCUT2D eigenvalue weighted by Gasteiger charge is 2.18. The minimum atomic E-state index is -0.0963. The van der Waals surface area contributed by atoms with Gasteiger partial charge < -0.3 is 10.6 Å². The zero-order valence-electron chi connectivity index (χ0n) is 11.8. The monoisotopic (exact) mass is 301 g/mol. The van der Waals surface area contributed by atoms with Crippen LogP contribution < -0.4 is 10.6 Å². The number of amides is 2. The van der Waals surface area contributed by atoms with Crippen LogP contribution in [0.25, 0.3) is 0 Å². The summed E-state index contributed by atoms with van der Waals surface area (Å²) in [5.41, 5.74) is 3.63. The second kappa shape index (κ2) is 5.29. The molecule has 1 aliphatic heterocycles. The van der Waals surface area contributed by atoms with Crippen molar-refractivity contribution in [3.05, 3.63) is 39.9 Å². The summed E-state index contributed by atoms with van der Waals surface area (Å²) < 4.78 is 0. The van der Waals surface area contributed by atoms with Crippen LogP contribution in [0.3, 0.4) is 0 Å². The number of carbonyl (C=O) groups is 2. The quantitative estimate of drug-likeness (QED) is 0.914. The van der Waals surface area contributed by atoms with Gasteiger partial charge in [-0.15, -0.1) is 11.3 Å². The van der Waals surface area contributed by atoms with Gasteiger partial charge in [0.1, 0.15) is 0 Å². The molecule has 5 nitrogen and oxygen atoms in total. The number of nitrogens with zero attached hydrogens (tertiary/aromatic N) is 1. The van der Waals surface area contributed by atoms with Crippen molar-refractivity contribution < 1.29 is 9.59 Å². The van der Waals surface area contributed by atoms with Crippen molar-refractivity contribution in [3.8, 4) is 0 Å². The van der Waals surface area contributed by atoms with Gasteiger partial charge in [-0.3, -0.25) is 9.59 Å². The van der Waals surface area contributed by atoms with E-state index in [0.29, 0.717) is 11.6 Å². The van der Waals surface area contributed by atoms with E-state index >= 15 is 0 Å². The molecule has 0 unspecified atom stereocenters. The summed E-state index contributed by atoms with van der Waals surface area (Å²) in [6, 6.07) is 5.62. The zero-order chi connectivity index (χ0) is 15.0. The highest BCUT2D eigenvalue weighted by atomic mass is 32.1. The van der Waals surface area contributed by atoms with Crippen molar-refractivity contribution in [2.75, 3.05) is 10.6 Å². The molecule has 3 rings (SSSR count). The lowest BCUT2D eigenvalue weighted by molar-refractivity contribution is -0.116. The molecule has 0 radical (unpaired) electrons. The second-order valence-electron chi connectivity index (χ2n) is 5.10. The molecule has 2 N–H and O–H groups in total. The van der Waals surface area contributed by atoms with E-state index < -0.39 is 0 Å². The number of rotatable bonds is 3. The number of benzene rings is 1. The maximum absolute atomic E-state index is 12.0. The van der Waals surface area contributed by atoms with Gasteiger partial charge in [-0.2, -0.15) is 0 Å². The predicted molar refractivity (Wildman–Crippen MR) is 82.7 cm³/mol. The van der Waals surface area contributed by atoms with Crippen molar-refractivity contribution in [3.63, 3.8) is 0 Å². The standard InChI is InChI=1S/C15H15N3O2S/c1-8-9(2)21-15(16-8)18-13(19)6-10-3-4-12-11(5-10)7-14(20)17-12/h3-5H,6-7H2,1-2H3,(H,17,20)(H,16,18,19). The first-order valence-electron chi connectivity index (χ1n) is 6.67. The number of hydrogen-bond acceptors (Lipinski definition) is 4. The van der Waals surface area contributed by atoms with Crippen LogP contribution >= 0.6 is 11.3 Å². The lowest BCUT2D eigenvalue weighted by Gasteiger charge is -2.04. The van der Waals surface area contributed by atoms with Crippen LogP contribution in [-0.2, 0) is 22.4 Å². The summed E-state index contributed by atoms with van der Waals surface area (Å²) in [5, 5.41) is 6.23. The molecule has 0 fully saturated rings. The van der Waals surface area contributed by atoms with Gasteiger partial charge in [0.2, 0.25) is 11.8 Å². The Bertz CT molecular complexity index is 717. The Hall–Kier alpha value is -2.21. The fraction of sp³-hybridized carbons (Fsp3) is 0.267. The van der Waals surface area contributed by atoms with Crippen molar-refractivity contribution in [2.45, 2.75) is 26.7 Å². The molecule has 21 heavy (non-hydrogen) atoms. The third kappa shape index (κ3) is 2.95. The Kier molecular flexibility index (Phi) is 3.47. The van der Waals surface area contributed by atoms with Crippen LogP contribution in [0.5, 0.6) is 0 Å². The first-order chi connectivity index (χ1) is 10.0. The number of anilines is 2. The molecule has 0 bridgehead atoms. The first-order valence-corrected chi connectivity index (χ1v) is 7.48. The molecule has 6 heteroatoms. The third-order valence-corrected chi connectivity index (χ3v) is 4.42. The zero-order valence-corrected chi connectivity index (χ0v) is 12.6. The number of aromatic nitrogens is 1. The molecule has 1 aromatic carbocycles. The van der Waals surface area contributed by atoms with Gasteiger partial charge in [-0.1, -0.05) is 12.1 Å². The number of hydrogen-bond donors (Lipinski definition) is 2. The maximum atomic E-state index is 12.0. The van der Waals surface area contributed by atoms with Crippen molar-refractivity contribution >= 4 is 34.0 Å². The van der Waals surface area contributed by atoms with E-state index in [2.05, 4.69) is 15.6 Å². The van der Waals surface area contributed by atoms with Gasteiger partial charge in [0.25, 0.3) is 0 Å². The first kappa shape index (κ1) is 13.8. The second-order valence-corrected chi connectivity index (χ2v) is 6.31. The number of carbonyl (C=O) groups excluding carboxylic acids is 2. The topological polar surface area (TPSA) is 71.1 Å². The van der Waals surface area contributed by atoms with Gasteiger partial charge in [-0.05, 0) is 31.0 Å². The highest BCUT2D eigenvalue weighted by Crippen LogP contribution is 2.25. The molecule has 1 aromatic heterocycles. The maximum Gasteiger partial charge on any atom is 0.230 e. The highest BCUT2D eigenvalue weighted by molar-refractivity contribution is 7.15. The van der Waals surface area contributed by atoms with Gasteiger partial charge >= 0.3 is 0 Å². The summed E-state index contributed by atoms with van der Waals surface area (Å²) in [5.74, 6) is -0.0960. The average molecular weight is 301 g/mol. The van der Waals surface area contributed by atoms with Crippen molar-refractivity contribution in [1.29, 1.82) is 0 Å². The number of aryl methyl sites for hydroxylation is 2. The molecule has 0 atom stereocenters. The normalized spacial score (nSPS) is 13.0. The van der Waals surface area contributed by atoms with Gasteiger partial charge in [0.15, 0.2) is 5.13 Å². The molecular formula is C15H15N3O2S. The summed E-state index contributed by atoms with van der Waals surface area (Å²) in [7, 11) is 0. The largest absolute Gasteiger partial charge is 0.326 e. The van der Waals surface area contributed by atoms with E-state index in [1.807, 2.05) is 32.0 Å². The van der Waals surface area contributed by atoms with E-state index in [4.69, 9.17) is 0 Å².